The quantitative estimate of drug-likeness (QED) is 0.718. The van der Waals surface area contributed by atoms with Gasteiger partial charge in [0.2, 0.25) is 10.0 Å². The van der Waals surface area contributed by atoms with Gasteiger partial charge >= 0.3 is 0 Å². The molecule has 0 aromatic heterocycles. The lowest BCUT2D eigenvalue weighted by atomic mass is 10.1. The van der Waals surface area contributed by atoms with Gasteiger partial charge in [0.25, 0.3) is 0 Å². The van der Waals surface area contributed by atoms with Crippen molar-refractivity contribution in [3.8, 4) is 5.75 Å². The summed E-state index contributed by atoms with van der Waals surface area (Å²) in [5.41, 5.74) is 0.910. The van der Waals surface area contributed by atoms with Crippen LogP contribution in [0.3, 0.4) is 0 Å². The van der Waals surface area contributed by atoms with Gasteiger partial charge in [-0.1, -0.05) is 49.4 Å². The molecule has 3 rings (SSSR count). The van der Waals surface area contributed by atoms with Crippen LogP contribution < -0.4 is 9.46 Å². The molecule has 130 valence electrons. The second-order valence-corrected chi connectivity index (χ2v) is 7.58. The van der Waals surface area contributed by atoms with Crippen LogP contribution in [0.25, 0.3) is 10.8 Å². The van der Waals surface area contributed by atoms with Crippen LogP contribution >= 0.6 is 0 Å². The predicted octanol–water partition coefficient (Wildman–Crippen LogP) is 4.28. The summed E-state index contributed by atoms with van der Waals surface area (Å²) in [5.74, 6) is 0.746. The molecule has 0 aliphatic rings. The van der Waals surface area contributed by atoms with E-state index >= 15 is 0 Å². The van der Waals surface area contributed by atoms with Crippen molar-refractivity contribution in [1.82, 2.24) is 4.72 Å². The average Bonchev–Trinajstić information content (AvgIpc) is 2.66. The zero-order valence-electron chi connectivity index (χ0n) is 14.3. The molecule has 5 heteroatoms. The van der Waals surface area contributed by atoms with Crippen molar-refractivity contribution < 1.29 is 13.2 Å². The standard InChI is InChI=1S/C20H21NO3S/c1-3-20(16-8-11-18(24-2)12-9-16)21-25(22,23)19-13-10-15-6-4-5-7-17(15)14-19/h4-14,20-21H,3H2,1-2H3/t20-/m1/s1. The van der Waals surface area contributed by atoms with Crippen LogP contribution in [-0.4, -0.2) is 15.5 Å². The smallest absolute Gasteiger partial charge is 0.241 e. The number of benzene rings is 3. The van der Waals surface area contributed by atoms with E-state index in [1.807, 2.05) is 61.5 Å². The fraction of sp³-hybridized carbons (Fsp3) is 0.200. The maximum Gasteiger partial charge on any atom is 0.241 e. The number of methoxy groups -OCH3 is 1. The zero-order chi connectivity index (χ0) is 17.9. The number of fused-ring (bicyclic) bond motifs is 1. The van der Waals surface area contributed by atoms with Crippen molar-refractivity contribution in [2.24, 2.45) is 0 Å². The van der Waals surface area contributed by atoms with Crippen molar-refractivity contribution in [3.63, 3.8) is 0 Å². The molecule has 0 saturated heterocycles. The van der Waals surface area contributed by atoms with Crippen molar-refractivity contribution >= 4 is 20.8 Å². The first-order chi connectivity index (χ1) is 12.0. The third kappa shape index (κ3) is 3.83. The van der Waals surface area contributed by atoms with Gasteiger partial charge < -0.3 is 4.74 Å². The first-order valence-corrected chi connectivity index (χ1v) is 9.67. The van der Waals surface area contributed by atoms with Crippen molar-refractivity contribution in [2.45, 2.75) is 24.3 Å². The van der Waals surface area contributed by atoms with E-state index in [2.05, 4.69) is 4.72 Å². The van der Waals surface area contributed by atoms with E-state index in [-0.39, 0.29) is 10.9 Å². The molecule has 0 amide bonds. The van der Waals surface area contributed by atoms with Gasteiger partial charge in [0.05, 0.1) is 12.0 Å². The molecule has 0 radical (unpaired) electrons. The summed E-state index contributed by atoms with van der Waals surface area (Å²) in [7, 11) is -2.00. The summed E-state index contributed by atoms with van der Waals surface area (Å²) in [4.78, 5) is 0.276. The molecular formula is C20H21NO3S. The van der Waals surface area contributed by atoms with Crippen molar-refractivity contribution in [2.75, 3.05) is 7.11 Å². The minimum absolute atomic E-state index is 0.276. The molecule has 3 aromatic carbocycles. The fourth-order valence-electron chi connectivity index (χ4n) is 2.81. The Morgan fingerprint density at radius 1 is 0.960 bits per heavy atom. The second kappa shape index (κ2) is 7.25. The molecule has 0 aliphatic heterocycles. The minimum atomic E-state index is -3.61. The summed E-state index contributed by atoms with van der Waals surface area (Å²) < 4.78 is 33.6. The highest BCUT2D eigenvalue weighted by molar-refractivity contribution is 7.89. The monoisotopic (exact) mass is 355 g/mol. The first-order valence-electron chi connectivity index (χ1n) is 8.18. The first kappa shape index (κ1) is 17.5. The fourth-order valence-corrected chi connectivity index (χ4v) is 4.16. The average molecular weight is 355 g/mol. The normalized spacial score (nSPS) is 12.9. The minimum Gasteiger partial charge on any atom is -0.497 e. The van der Waals surface area contributed by atoms with Gasteiger partial charge in [-0.25, -0.2) is 13.1 Å². The Bertz CT molecular complexity index is 966. The SMILES string of the molecule is CC[C@@H](NS(=O)(=O)c1ccc2ccccc2c1)c1ccc(OC)cc1. The molecule has 1 atom stereocenters. The van der Waals surface area contributed by atoms with E-state index in [1.54, 1.807) is 19.2 Å². The molecule has 0 spiro atoms. The highest BCUT2D eigenvalue weighted by Gasteiger charge is 2.20. The van der Waals surface area contributed by atoms with E-state index in [4.69, 9.17) is 4.74 Å². The van der Waals surface area contributed by atoms with Crippen LogP contribution in [0.15, 0.2) is 71.6 Å². The summed E-state index contributed by atoms with van der Waals surface area (Å²) in [5, 5.41) is 1.92. The topological polar surface area (TPSA) is 55.4 Å². The van der Waals surface area contributed by atoms with Gasteiger partial charge in [-0.05, 0) is 47.0 Å². The maximum atomic E-state index is 12.8. The lowest BCUT2D eigenvalue weighted by molar-refractivity contribution is 0.414. The van der Waals surface area contributed by atoms with Gasteiger partial charge in [-0.15, -0.1) is 0 Å². The van der Waals surface area contributed by atoms with Gasteiger partial charge in [0, 0.05) is 6.04 Å². The van der Waals surface area contributed by atoms with Crippen LogP contribution in [0.5, 0.6) is 5.75 Å². The lowest BCUT2D eigenvalue weighted by Gasteiger charge is -2.18. The Hall–Kier alpha value is -2.37. The molecule has 0 saturated carbocycles. The summed E-state index contributed by atoms with van der Waals surface area (Å²) >= 11 is 0. The Morgan fingerprint density at radius 3 is 2.28 bits per heavy atom. The molecular weight excluding hydrogens is 334 g/mol. The highest BCUT2D eigenvalue weighted by Crippen LogP contribution is 2.24. The number of hydrogen-bond donors (Lipinski definition) is 1. The second-order valence-electron chi connectivity index (χ2n) is 5.86. The van der Waals surface area contributed by atoms with Gasteiger partial charge in [-0.2, -0.15) is 0 Å². The van der Waals surface area contributed by atoms with Crippen molar-refractivity contribution in [1.29, 1.82) is 0 Å². The third-order valence-corrected chi connectivity index (χ3v) is 5.72. The Morgan fingerprint density at radius 2 is 1.64 bits per heavy atom. The molecule has 0 bridgehead atoms. The van der Waals surface area contributed by atoms with E-state index in [0.29, 0.717) is 6.42 Å². The molecule has 25 heavy (non-hydrogen) atoms. The number of nitrogens with one attached hydrogen (secondary N) is 1. The molecule has 4 nitrogen and oxygen atoms in total. The van der Waals surface area contributed by atoms with Gasteiger partial charge in [-0.3, -0.25) is 0 Å². The van der Waals surface area contributed by atoms with Gasteiger partial charge in [0.15, 0.2) is 0 Å². The summed E-state index contributed by atoms with van der Waals surface area (Å²) in [6.45, 7) is 1.96. The van der Waals surface area contributed by atoms with Crippen LogP contribution in [0, 0.1) is 0 Å². The number of sulfonamides is 1. The highest BCUT2D eigenvalue weighted by atomic mass is 32.2. The van der Waals surface area contributed by atoms with Crippen LogP contribution in [0.4, 0.5) is 0 Å². The molecule has 0 fully saturated rings. The molecule has 0 heterocycles. The van der Waals surface area contributed by atoms with E-state index < -0.39 is 10.0 Å². The summed E-state index contributed by atoms with van der Waals surface area (Å²) in [6, 6.07) is 20.0. The number of hydrogen-bond acceptors (Lipinski definition) is 3. The van der Waals surface area contributed by atoms with E-state index in [0.717, 1.165) is 22.1 Å². The summed E-state index contributed by atoms with van der Waals surface area (Å²) in [6.07, 6.45) is 0.652. The lowest BCUT2D eigenvalue weighted by Crippen LogP contribution is -2.28. The van der Waals surface area contributed by atoms with Gasteiger partial charge in [0.1, 0.15) is 5.75 Å². The molecule has 0 aliphatic carbocycles. The van der Waals surface area contributed by atoms with Crippen molar-refractivity contribution in [3.05, 3.63) is 72.3 Å². The molecule has 3 aromatic rings. The van der Waals surface area contributed by atoms with E-state index in [9.17, 15) is 8.42 Å². The predicted molar refractivity (Wildman–Crippen MR) is 100 cm³/mol. The maximum absolute atomic E-state index is 12.8. The molecule has 0 unspecified atom stereocenters. The Kier molecular flexibility index (Phi) is 5.06. The number of rotatable bonds is 6. The van der Waals surface area contributed by atoms with Crippen LogP contribution in [0.2, 0.25) is 0 Å². The number of ether oxygens (including phenoxy) is 1. The molecule has 1 N–H and O–H groups in total. The van der Waals surface area contributed by atoms with Crippen LogP contribution in [0.1, 0.15) is 24.9 Å². The van der Waals surface area contributed by atoms with E-state index in [1.165, 1.54) is 0 Å². The third-order valence-electron chi connectivity index (χ3n) is 4.26. The Balaban J connectivity index is 1.89. The Labute approximate surface area is 148 Å². The largest absolute Gasteiger partial charge is 0.497 e. The van der Waals surface area contributed by atoms with Crippen LogP contribution in [-0.2, 0) is 10.0 Å². The zero-order valence-corrected chi connectivity index (χ0v) is 15.1.